The van der Waals surface area contributed by atoms with Gasteiger partial charge in [0.05, 0.1) is 32.4 Å². The summed E-state index contributed by atoms with van der Waals surface area (Å²) in [6.07, 6.45) is 0. The molecule has 0 bridgehead atoms. The van der Waals surface area contributed by atoms with Crippen LogP contribution in [0.15, 0.2) is 0 Å². The van der Waals surface area contributed by atoms with E-state index in [1.807, 2.05) is 9.80 Å². The largest absolute Gasteiger partial charge is 0.395 e. The number of likely N-dealkylation sites (N-methyl/N-ethyl adjacent to an activating group) is 1. The van der Waals surface area contributed by atoms with Gasteiger partial charge in [0.15, 0.2) is 0 Å². The molecule has 104 valence electrons. The van der Waals surface area contributed by atoms with Gasteiger partial charge in [-0.3, -0.25) is 9.69 Å². The molecule has 0 aromatic heterocycles. The van der Waals surface area contributed by atoms with Crippen LogP contribution in [0.3, 0.4) is 0 Å². The molecule has 0 saturated carbocycles. The second-order valence-electron chi connectivity index (χ2n) is 5.07. The maximum Gasteiger partial charge on any atom is 0.236 e. The van der Waals surface area contributed by atoms with Crippen LogP contribution in [0.4, 0.5) is 0 Å². The summed E-state index contributed by atoms with van der Waals surface area (Å²) >= 11 is 0. The van der Waals surface area contributed by atoms with Gasteiger partial charge in [0.25, 0.3) is 0 Å². The van der Waals surface area contributed by atoms with Crippen molar-refractivity contribution < 1.29 is 14.6 Å². The molecule has 1 unspecified atom stereocenters. The zero-order chi connectivity index (χ0) is 13.0. The summed E-state index contributed by atoms with van der Waals surface area (Å²) in [6.45, 7) is 5.85. The van der Waals surface area contributed by atoms with E-state index in [-0.39, 0.29) is 18.6 Å². The second kappa shape index (κ2) is 6.47. The fourth-order valence-electron chi connectivity index (χ4n) is 2.40. The van der Waals surface area contributed by atoms with Crippen molar-refractivity contribution in [1.29, 1.82) is 0 Å². The molecule has 2 rings (SSSR count). The molecular weight excluding hydrogens is 234 g/mol. The standard InChI is InChI=1S/C12H23N3O3/c1-13-2-4-14(5-3-13)12(17)8-15-6-7-18-10-11(15)9-16/h11,16H,2-10H2,1H3. The van der Waals surface area contributed by atoms with Gasteiger partial charge in [-0.1, -0.05) is 0 Å². The number of rotatable bonds is 3. The second-order valence-corrected chi connectivity index (χ2v) is 5.07. The van der Waals surface area contributed by atoms with Crippen LogP contribution in [0, 0.1) is 0 Å². The first-order valence-corrected chi connectivity index (χ1v) is 6.59. The summed E-state index contributed by atoms with van der Waals surface area (Å²) in [7, 11) is 2.07. The Morgan fingerprint density at radius 1 is 1.28 bits per heavy atom. The lowest BCUT2D eigenvalue weighted by atomic mass is 10.2. The Hall–Kier alpha value is -0.690. The lowest BCUT2D eigenvalue weighted by Crippen LogP contribution is -2.54. The van der Waals surface area contributed by atoms with E-state index in [9.17, 15) is 9.90 Å². The summed E-state index contributed by atoms with van der Waals surface area (Å²) in [5.41, 5.74) is 0. The zero-order valence-corrected chi connectivity index (χ0v) is 11.0. The van der Waals surface area contributed by atoms with Crippen LogP contribution in [0.25, 0.3) is 0 Å². The molecule has 2 saturated heterocycles. The number of aliphatic hydroxyl groups is 1. The van der Waals surface area contributed by atoms with E-state index < -0.39 is 0 Å². The molecule has 1 amide bonds. The number of hydrogen-bond acceptors (Lipinski definition) is 5. The molecule has 18 heavy (non-hydrogen) atoms. The highest BCUT2D eigenvalue weighted by atomic mass is 16.5. The van der Waals surface area contributed by atoms with Crippen molar-refractivity contribution in [2.75, 3.05) is 66.1 Å². The number of piperazine rings is 1. The third-order valence-electron chi connectivity index (χ3n) is 3.75. The van der Waals surface area contributed by atoms with Crippen LogP contribution in [0.1, 0.15) is 0 Å². The number of aliphatic hydroxyl groups excluding tert-OH is 1. The third-order valence-corrected chi connectivity index (χ3v) is 3.75. The van der Waals surface area contributed by atoms with Crippen LogP contribution < -0.4 is 0 Å². The van der Waals surface area contributed by atoms with Crippen molar-refractivity contribution in [1.82, 2.24) is 14.7 Å². The number of hydrogen-bond donors (Lipinski definition) is 1. The molecule has 6 nitrogen and oxygen atoms in total. The SMILES string of the molecule is CN1CCN(C(=O)CN2CCOCC2CO)CC1. The number of nitrogens with zero attached hydrogens (tertiary/aromatic N) is 3. The van der Waals surface area contributed by atoms with Crippen molar-refractivity contribution in [3.8, 4) is 0 Å². The van der Waals surface area contributed by atoms with E-state index in [2.05, 4.69) is 11.9 Å². The van der Waals surface area contributed by atoms with E-state index in [1.54, 1.807) is 0 Å². The summed E-state index contributed by atoms with van der Waals surface area (Å²) in [5.74, 6) is 0.170. The first kappa shape index (κ1) is 13.7. The summed E-state index contributed by atoms with van der Waals surface area (Å²) in [5, 5.41) is 9.27. The van der Waals surface area contributed by atoms with Gasteiger partial charge < -0.3 is 19.6 Å². The molecule has 2 aliphatic rings. The Kier molecular flexibility index (Phi) is 4.94. The van der Waals surface area contributed by atoms with Gasteiger partial charge >= 0.3 is 0 Å². The third kappa shape index (κ3) is 3.41. The fraction of sp³-hybridized carbons (Fsp3) is 0.917. The Morgan fingerprint density at radius 3 is 2.67 bits per heavy atom. The maximum atomic E-state index is 12.2. The molecule has 0 aliphatic carbocycles. The first-order chi connectivity index (χ1) is 8.70. The minimum absolute atomic E-state index is 0.0323. The highest BCUT2D eigenvalue weighted by Crippen LogP contribution is 2.08. The predicted molar refractivity (Wildman–Crippen MR) is 67.3 cm³/mol. The molecule has 0 spiro atoms. The number of ether oxygens (including phenoxy) is 1. The van der Waals surface area contributed by atoms with Crippen molar-refractivity contribution in [3.05, 3.63) is 0 Å². The van der Waals surface area contributed by atoms with Gasteiger partial charge in [0.1, 0.15) is 0 Å². The number of carbonyl (C=O) groups excluding carboxylic acids is 1. The highest BCUT2D eigenvalue weighted by molar-refractivity contribution is 5.78. The molecular formula is C12H23N3O3. The van der Waals surface area contributed by atoms with E-state index in [0.29, 0.717) is 19.8 Å². The Balaban J connectivity index is 1.82. The van der Waals surface area contributed by atoms with Gasteiger partial charge in [-0.15, -0.1) is 0 Å². The smallest absolute Gasteiger partial charge is 0.236 e. The average Bonchev–Trinajstić information content (AvgIpc) is 2.40. The number of carbonyl (C=O) groups is 1. The van der Waals surface area contributed by atoms with Crippen LogP contribution >= 0.6 is 0 Å². The molecule has 6 heteroatoms. The van der Waals surface area contributed by atoms with Crippen LogP contribution in [-0.4, -0.2) is 97.9 Å². The lowest BCUT2D eigenvalue weighted by Gasteiger charge is -2.37. The maximum absolute atomic E-state index is 12.2. The van der Waals surface area contributed by atoms with Gasteiger partial charge in [0.2, 0.25) is 5.91 Å². The quantitative estimate of drug-likeness (QED) is 0.664. The molecule has 2 aliphatic heterocycles. The van der Waals surface area contributed by atoms with Gasteiger partial charge in [0, 0.05) is 32.7 Å². The minimum Gasteiger partial charge on any atom is -0.395 e. The van der Waals surface area contributed by atoms with Crippen LogP contribution in [-0.2, 0) is 9.53 Å². The Labute approximate surface area is 108 Å². The van der Waals surface area contributed by atoms with Crippen LogP contribution in [0.2, 0.25) is 0 Å². The van der Waals surface area contributed by atoms with Gasteiger partial charge in [-0.05, 0) is 7.05 Å². The fourth-order valence-corrected chi connectivity index (χ4v) is 2.40. The van der Waals surface area contributed by atoms with Crippen molar-refractivity contribution >= 4 is 5.91 Å². The highest BCUT2D eigenvalue weighted by Gasteiger charge is 2.27. The Bertz CT molecular complexity index is 280. The van der Waals surface area contributed by atoms with Crippen molar-refractivity contribution in [3.63, 3.8) is 0 Å². The molecule has 1 N–H and O–H groups in total. The van der Waals surface area contributed by atoms with E-state index in [1.165, 1.54) is 0 Å². The Morgan fingerprint density at radius 2 is 2.00 bits per heavy atom. The normalized spacial score (nSPS) is 27.4. The van der Waals surface area contributed by atoms with Crippen molar-refractivity contribution in [2.24, 2.45) is 0 Å². The van der Waals surface area contributed by atoms with E-state index in [0.717, 1.165) is 32.7 Å². The molecule has 0 radical (unpaired) electrons. The molecule has 2 heterocycles. The molecule has 2 fully saturated rings. The topological polar surface area (TPSA) is 56.2 Å². The van der Waals surface area contributed by atoms with Crippen molar-refractivity contribution in [2.45, 2.75) is 6.04 Å². The number of morpholine rings is 1. The predicted octanol–water partition coefficient (Wildman–Crippen LogP) is -1.55. The summed E-state index contributed by atoms with van der Waals surface area (Å²) in [6, 6.07) is -0.0323. The van der Waals surface area contributed by atoms with Gasteiger partial charge in [-0.25, -0.2) is 0 Å². The molecule has 1 atom stereocenters. The summed E-state index contributed by atoms with van der Waals surface area (Å²) < 4.78 is 5.31. The molecule has 0 aromatic rings. The first-order valence-electron chi connectivity index (χ1n) is 6.59. The minimum atomic E-state index is -0.0323. The monoisotopic (exact) mass is 257 g/mol. The van der Waals surface area contributed by atoms with Gasteiger partial charge in [-0.2, -0.15) is 0 Å². The average molecular weight is 257 g/mol. The van der Waals surface area contributed by atoms with E-state index in [4.69, 9.17) is 4.74 Å². The number of amides is 1. The van der Waals surface area contributed by atoms with E-state index >= 15 is 0 Å². The zero-order valence-electron chi connectivity index (χ0n) is 11.0. The molecule has 0 aromatic carbocycles. The van der Waals surface area contributed by atoms with Crippen LogP contribution in [0.5, 0.6) is 0 Å². The summed E-state index contributed by atoms with van der Waals surface area (Å²) in [4.78, 5) is 18.4. The lowest BCUT2D eigenvalue weighted by molar-refractivity contribution is -0.136.